The van der Waals surface area contributed by atoms with Crippen LogP contribution in [0.1, 0.15) is 30.5 Å². The Morgan fingerprint density at radius 2 is 1.58 bits per heavy atom. The highest BCUT2D eigenvalue weighted by Gasteiger charge is 2.31. The van der Waals surface area contributed by atoms with Crippen molar-refractivity contribution in [3.63, 3.8) is 0 Å². The standard InChI is InChI=1S/C22H26ClN3O4S/c1-16-3-5-18(6-4-16)21(24-17(2)27)15-22(28)25-11-13-26(14-12-25)31(29,30)20-9-7-19(23)8-10-20/h3-10,21H,11-15H2,1-2H3,(H,24,27). The van der Waals surface area contributed by atoms with E-state index < -0.39 is 16.1 Å². The quantitative estimate of drug-likeness (QED) is 0.713. The van der Waals surface area contributed by atoms with Crippen molar-refractivity contribution in [2.24, 2.45) is 0 Å². The van der Waals surface area contributed by atoms with Gasteiger partial charge in [-0.25, -0.2) is 8.42 Å². The van der Waals surface area contributed by atoms with Crippen LogP contribution in [0.2, 0.25) is 5.02 Å². The molecule has 31 heavy (non-hydrogen) atoms. The third-order valence-electron chi connectivity index (χ3n) is 5.28. The molecule has 9 heteroatoms. The second-order valence-electron chi connectivity index (χ2n) is 7.61. The molecule has 1 saturated heterocycles. The fraction of sp³-hybridized carbons (Fsp3) is 0.364. The Labute approximate surface area is 188 Å². The fourth-order valence-electron chi connectivity index (χ4n) is 3.53. The zero-order valence-corrected chi connectivity index (χ0v) is 19.1. The molecule has 0 radical (unpaired) electrons. The Morgan fingerprint density at radius 3 is 2.13 bits per heavy atom. The Hall–Kier alpha value is -2.42. The molecule has 3 rings (SSSR count). The molecule has 1 fully saturated rings. The molecule has 1 unspecified atom stereocenters. The Morgan fingerprint density at radius 1 is 1.00 bits per heavy atom. The monoisotopic (exact) mass is 463 g/mol. The molecule has 2 amide bonds. The lowest BCUT2D eigenvalue weighted by molar-refractivity contribution is -0.133. The van der Waals surface area contributed by atoms with E-state index >= 15 is 0 Å². The number of hydrogen-bond donors (Lipinski definition) is 1. The molecule has 0 aliphatic carbocycles. The molecule has 0 saturated carbocycles. The lowest BCUT2D eigenvalue weighted by Crippen LogP contribution is -2.51. The van der Waals surface area contributed by atoms with Crippen molar-refractivity contribution >= 4 is 33.4 Å². The molecular formula is C22H26ClN3O4S. The number of benzene rings is 2. The first kappa shape index (κ1) is 23.2. The molecule has 1 heterocycles. The Kier molecular flexibility index (Phi) is 7.35. The van der Waals surface area contributed by atoms with E-state index in [2.05, 4.69) is 5.32 Å². The molecule has 1 atom stereocenters. The van der Waals surface area contributed by atoms with Gasteiger partial charge < -0.3 is 10.2 Å². The van der Waals surface area contributed by atoms with Crippen molar-refractivity contribution < 1.29 is 18.0 Å². The summed E-state index contributed by atoms with van der Waals surface area (Å²) in [5.74, 6) is -0.333. The highest BCUT2D eigenvalue weighted by atomic mass is 35.5. The van der Waals surface area contributed by atoms with Crippen LogP contribution in [0.3, 0.4) is 0 Å². The summed E-state index contributed by atoms with van der Waals surface area (Å²) in [6.45, 7) is 4.42. The van der Waals surface area contributed by atoms with Gasteiger partial charge in [-0.3, -0.25) is 9.59 Å². The largest absolute Gasteiger partial charge is 0.349 e. The van der Waals surface area contributed by atoms with Gasteiger partial charge in [-0.15, -0.1) is 0 Å². The van der Waals surface area contributed by atoms with E-state index in [0.29, 0.717) is 18.1 Å². The summed E-state index contributed by atoms with van der Waals surface area (Å²) in [6, 6.07) is 13.3. The van der Waals surface area contributed by atoms with E-state index in [1.165, 1.54) is 23.4 Å². The van der Waals surface area contributed by atoms with Gasteiger partial charge in [0, 0.05) is 38.1 Å². The van der Waals surface area contributed by atoms with Crippen LogP contribution in [-0.2, 0) is 19.6 Å². The molecule has 2 aromatic carbocycles. The third kappa shape index (κ3) is 5.84. The number of amides is 2. The van der Waals surface area contributed by atoms with Crippen LogP contribution in [0, 0.1) is 6.92 Å². The Balaban J connectivity index is 1.64. The first-order valence-electron chi connectivity index (χ1n) is 10.0. The van der Waals surface area contributed by atoms with Crippen LogP contribution in [-0.4, -0.2) is 55.6 Å². The van der Waals surface area contributed by atoms with Gasteiger partial charge >= 0.3 is 0 Å². The number of sulfonamides is 1. The second-order valence-corrected chi connectivity index (χ2v) is 9.98. The van der Waals surface area contributed by atoms with Gasteiger partial charge in [-0.1, -0.05) is 41.4 Å². The number of halogens is 1. The normalized spacial score (nSPS) is 16.0. The fourth-order valence-corrected chi connectivity index (χ4v) is 5.08. The number of nitrogens with one attached hydrogen (secondary N) is 1. The summed E-state index contributed by atoms with van der Waals surface area (Å²) >= 11 is 5.85. The lowest BCUT2D eigenvalue weighted by Gasteiger charge is -2.34. The molecule has 0 bridgehead atoms. The minimum Gasteiger partial charge on any atom is -0.349 e. The molecule has 2 aromatic rings. The molecule has 0 spiro atoms. The average Bonchev–Trinajstić information content (AvgIpc) is 2.74. The maximum atomic E-state index is 12.9. The van der Waals surface area contributed by atoms with Gasteiger partial charge in [-0.2, -0.15) is 4.31 Å². The van der Waals surface area contributed by atoms with Crippen LogP contribution in [0.5, 0.6) is 0 Å². The molecule has 1 aliphatic heterocycles. The van der Waals surface area contributed by atoms with E-state index in [1.807, 2.05) is 31.2 Å². The molecule has 166 valence electrons. The Bertz CT molecular complexity index is 1030. The van der Waals surface area contributed by atoms with Gasteiger partial charge in [-0.05, 0) is 36.8 Å². The summed E-state index contributed by atoms with van der Waals surface area (Å²) in [5, 5.41) is 3.31. The highest BCUT2D eigenvalue weighted by Crippen LogP contribution is 2.22. The van der Waals surface area contributed by atoms with Gasteiger partial charge in [0.1, 0.15) is 0 Å². The van der Waals surface area contributed by atoms with Crippen molar-refractivity contribution in [1.82, 2.24) is 14.5 Å². The lowest BCUT2D eigenvalue weighted by atomic mass is 10.0. The van der Waals surface area contributed by atoms with Crippen LogP contribution < -0.4 is 5.32 Å². The average molecular weight is 464 g/mol. The zero-order valence-electron chi connectivity index (χ0n) is 17.5. The van der Waals surface area contributed by atoms with E-state index in [0.717, 1.165) is 11.1 Å². The predicted molar refractivity (Wildman–Crippen MR) is 119 cm³/mol. The summed E-state index contributed by atoms with van der Waals surface area (Å²) in [7, 11) is -3.63. The third-order valence-corrected chi connectivity index (χ3v) is 7.44. The number of nitrogens with zero attached hydrogens (tertiary/aromatic N) is 2. The number of piperazine rings is 1. The minimum atomic E-state index is -3.63. The van der Waals surface area contributed by atoms with Crippen molar-refractivity contribution in [3.8, 4) is 0 Å². The van der Waals surface area contributed by atoms with Crippen LogP contribution in [0.4, 0.5) is 0 Å². The number of carbonyl (C=O) groups excluding carboxylic acids is 2. The maximum Gasteiger partial charge on any atom is 0.243 e. The highest BCUT2D eigenvalue weighted by molar-refractivity contribution is 7.89. The van der Waals surface area contributed by atoms with Gasteiger partial charge in [0.25, 0.3) is 0 Å². The number of carbonyl (C=O) groups is 2. The SMILES string of the molecule is CC(=O)NC(CC(=O)N1CCN(S(=O)(=O)c2ccc(Cl)cc2)CC1)c1ccc(C)cc1. The number of rotatable bonds is 6. The van der Waals surface area contributed by atoms with E-state index in [-0.39, 0.29) is 36.2 Å². The molecule has 1 N–H and O–H groups in total. The first-order chi connectivity index (χ1) is 14.7. The molecule has 7 nitrogen and oxygen atoms in total. The molecule has 0 aromatic heterocycles. The predicted octanol–water partition coefficient (Wildman–Crippen LogP) is 2.75. The second kappa shape index (κ2) is 9.80. The first-order valence-corrected chi connectivity index (χ1v) is 11.9. The van der Waals surface area contributed by atoms with E-state index in [1.54, 1.807) is 17.0 Å². The molecule has 1 aliphatic rings. The minimum absolute atomic E-state index is 0.118. The van der Waals surface area contributed by atoms with Gasteiger partial charge in [0.15, 0.2) is 0 Å². The van der Waals surface area contributed by atoms with Crippen LogP contribution in [0.25, 0.3) is 0 Å². The van der Waals surface area contributed by atoms with Crippen molar-refractivity contribution in [1.29, 1.82) is 0 Å². The summed E-state index contributed by atoms with van der Waals surface area (Å²) in [6.07, 6.45) is 0.118. The van der Waals surface area contributed by atoms with Crippen molar-refractivity contribution in [2.45, 2.75) is 31.2 Å². The number of aryl methyl sites for hydroxylation is 1. The number of hydrogen-bond acceptors (Lipinski definition) is 4. The van der Waals surface area contributed by atoms with Crippen LogP contribution in [0.15, 0.2) is 53.4 Å². The summed E-state index contributed by atoms with van der Waals surface area (Å²) in [5.41, 5.74) is 1.95. The van der Waals surface area contributed by atoms with Crippen LogP contribution >= 0.6 is 11.6 Å². The summed E-state index contributed by atoms with van der Waals surface area (Å²) < 4.78 is 27.0. The van der Waals surface area contributed by atoms with Crippen molar-refractivity contribution in [3.05, 3.63) is 64.7 Å². The summed E-state index contributed by atoms with van der Waals surface area (Å²) in [4.78, 5) is 26.4. The van der Waals surface area contributed by atoms with Gasteiger partial charge in [0.05, 0.1) is 17.4 Å². The topological polar surface area (TPSA) is 86.8 Å². The van der Waals surface area contributed by atoms with Gasteiger partial charge in [0.2, 0.25) is 21.8 Å². The molecular weight excluding hydrogens is 438 g/mol. The van der Waals surface area contributed by atoms with E-state index in [4.69, 9.17) is 11.6 Å². The smallest absolute Gasteiger partial charge is 0.243 e. The van der Waals surface area contributed by atoms with E-state index in [9.17, 15) is 18.0 Å². The maximum absolute atomic E-state index is 12.9. The van der Waals surface area contributed by atoms with Crippen molar-refractivity contribution in [2.75, 3.05) is 26.2 Å². The zero-order chi connectivity index (χ0) is 22.6.